The van der Waals surface area contributed by atoms with E-state index in [1.54, 1.807) is 6.92 Å². The monoisotopic (exact) mass is 304 g/mol. The molecule has 112 valence electrons. The normalized spacial score (nSPS) is 19.9. The van der Waals surface area contributed by atoms with Gasteiger partial charge in [-0.15, -0.1) is 12.4 Å². The van der Waals surface area contributed by atoms with Crippen LogP contribution < -0.4 is 10.6 Å². The molecule has 2 atom stereocenters. The zero-order valence-electron chi connectivity index (χ0n) is 11.3. The number of carbonyl (C=O) groups is 1. The Morgan fingerprint density at radius 2 is 2.00 bits per heavy atom. The quantitative estimate of drug-likeness (QED) is 0.901. The second kappa shape index (κ2) is 7.55. The molecule has 0 radical (unpaired) electrons. The number of amides is 1. The maximum Gasteiger partial charge on any atom is 0.237 e. The van der Waals surface area contributed by atoms with Crippen LogP contribution in [-0.4, -0.2) is 18.5 Å². The molecule has 0 aromatic heterocycles. The average molecular weight is 305 g/mol. The molecule has 0 spiro atoms. The van der Waals surface area contributed by atoms with E-state index in [0.29, 0.717) is 0 Å². The predicted molar refractivity (Wildman–Crippen MR) is 75.8 cm³/mol. The lowest BCUT2D eigenvalue weighted by molar-refractivity contribution is -0.124. The van der Waals surface area contributed by atoms with E-state index in [0.717, 1.165) is 25.8 Å². The van der Waals surface area contributed by atoms with Crippen LogP contribution in [-0.2, 0) is 4.79 Å². The number of hydrogen-bond acceptors (Lipinski definition) is 2. The number of hydrogen-bond donors (Lipinski definition) is 2. The average Bonchev–Trinajstić information content (AvgIpc) is 2.39. The number of benzene rings is 1. The second-order valence-corrected chi connectivity index (χ2v) is 4.87. The zero-order valence-corrected chi connectivity index (χ0v) is 12.1. The van der Waals surface area contributed by atoms with E-state index < -0.39 is 17.7 Å². The largest absolute Gasteiger partial charge is 0.348 e. The first-order valence-corrected chi connectivity index (χ1v) is 6.57. The second-order valence-electron chi connectivity index (χ2n) is 4.87. The Kier molecular flexibility index (Phi) is 6.36. The molecule has 20 heavy (non-hydrogen) atoms. The Balaban J connectivity index is 0.00000200. The number of halogens is 3. The number of rotatable bonds is 3. The first-order valence-electron chi connectivity index (χ1n) is 6.57. The van der Waals surface area contributed by atoms with Crippen LogP contribution in [0.3, 0.4) is 0 Å². The van der Waals surface area contributed by atoms with E-state index in [1.165, 1.54) is 18.2 Å². The minimum atomic E-state index is -0.683. The van der Waals surface area contributed by atoms with Gasteiger partial charge in [-0.1, -0.05) is 12.5 Å². The Labute approximate surface area is 123 Å². The summed E-state index contributed by atoms with van der Waals surface area (Å²) in [6, 6.07) is 2.76. The summed E-state index contributed by atoms with van der Waals surface area (Å²) in [6.45, 7) is 2.39. The third kappa shape index (κ3) is 3.90. The molecule has 1 saturated heterocycles. The van der Waals surface area contributed by atoms with Crippen LogP contribution in [0, 0.1) is 11.6 Å². The van der Waals surface area contributed by atoms with E-state index in [2.05, 4.69) is 10.6 Å². The highest BCUT2D eigenvalue weighted by Crippen LogP contribution is 2.20. The Hall–Kier alpha value is -1.20. The molecule has 1 aromatic carbocycles. The topological polar surface area (TPSA) is 41.1 Å². The zero-order chi connectivity index (χ0) is 13.8. The van der Waals surface area contributed by atoms with E-state index in [9.17, 15) is 13.6 Å². The molecule has 2 unspecified atom stereocenters. The van der Waals surface area contributed by atoms with Crippen LogP contribution in [0.25, 0.3) is 0 Å². The molecule has 1 aliphatic heterocycles. The van der Waals surface area contributed by atoms with E-state index >= 15 is 0 Å². The fraction of sp³-hybridized carbons (Fsp3) is 0.500. The smallest absolute Gasteiger partial charge is 0.237 e. The van der Waals surface area contributed by atoms with Crippen molar-refractivity contribution in [2.24, 2.45) is 0 Å². The molecule has 1 aliphatic rings. The molecule has 0 saturated carbocycles. The van der Waals surface area contributed by atoms with Crippen LogP contribution in [0.15, 0.2) is 18.2 Å². The summed E-state index contributed by atoms with van der Waals surface area (Å²) >= 11 is 0. The minimum Gasteiger partial charge on any atom is -0.348 e. The molecule has 1 fully saturated rings. The summed E-state index contributed by atoms with van der Waals surface area (Å²) in [5, 5.41) is 5.77. The standard InChI is InChI=1S/C14H18F2N2O.ClH/c1-9(13-10(15)5-4-6-11(13)16)18-14(19)12-7-2-3-8-17-12;/h4-6,9,12,17H,2-3,7-8H2,1H3,(H,18,19);1H. The fourth-order valence-electron chi connectivity index (χ4n) is 2.39. The summed E-state index contributed by atoms with van der Waals surface area (Å²) in [7, 11) is 0. The molecule has 2 N–H and O–H groups in total. The lowest BCUT2D eigenvalue weighted by atomic mass is 10.0. The first kappa shape index (κ1) is 16.9. The fourth-order valence-corrected chi connectivity index (χ4v) is 2.39. The van der Waals surface area contributed by atoms with Crippen molar-refractivity contribution in [3.05, 3.63) is 35.4 Å². The lowest BCUT2D eigenvalue weighted by Gasteiger charge is -2.25. The van der Waals surface area contributed by atoms with Gasteiger partial charge in [-0.25, -0.2) is 8.78 Å². The molecule has 0 bridgehead atoms. The van der Waals surface area contributed by atoms with Gasteiger partial charge in [0.1, 0.15) is 11.6 Å². The van der Waals surface area contributed by atoms with E-state index in [4.69, 9.17) is 0 Å². The molecule has 3 nitrogen and oxygen atoms in total. The number of nitrogens with one attached hydrogen (secondary N) is 2. The Bertz CT molecular complexity index is 444. The van der Waals surface area contributed by atoms with Gasteiger partial charge in [-0.2, -0.15) is 0 Å². The van der Waals surface area contributed by atoms with Gasteiger partial charge in [-0.05, 0) is 38.4 Å². The van der Waals surface area contributed by atoms with Gasteiger partial charge in [0.25, 0.3) is 0 Å². The minimum absolute atomic E-state index is 0. The lowest BCUT2D eigenvalue weighted by Crippen LogP contribution is -2.47. The van der Waals surface area contributed by atoms with Crippen molar-refractivity contribution in [2.45, 2.75) is 38.3 Å². The summed E-state index contributed by atoms with van der Waals surface area (Å²) < 4.78 is 27.2. The number of carbonyl (C=O) groups excluding carboxylic acids is 1. The predicted octanol–water partition coefficient (Wildman–Crippen LogP) is 2.71. The number of piperidine rings is 1. The van der Waals surface area contributed by atoms with E-state index in [1.807, 2.05) is 0 Å². The van der Waals surface area contributed by atoms with Crippen LogP contribution in [0.1, 0.15) is 37.8 Å². The summed E-state index contributed by atoms with van der Waals surface area (Å²) in [6.07, 6.45) is 2.81. The van der Waals surface area contributed by atoms with Gasteiger partial charge >= 0.3 is 0 Å². The summed E-state index contributed by atoms with van der Waals surface area (Å²) in [5.41, 5.74) is -0.0911. The van der Waals surface area contributed by atoms with Crippen LogP contribution >= 0.6 is 12.4 Å². The van der Waals surface area contributed by atoms with Crippen molar-refractivity contribution in [2.75, 3.05) is 6.54 Å². The highest BCUT2D eigenvalue weighted by atomic mass is 35.5. The SMILES string of the molecule is CC(NC(=O)C1CCCCN1)c1c(F)cccc1F.Cl. The van der Waals surface area contributed by atoms with Crippen molar-refractivity contribution in [3.63, 3.8) is 0 Å². The van der Waals surface area contributed by atoms with Crippen molar-refractivity contribution in [1.82, 2.24) is 10.6 Å². The Morgan fingerprint density at radius 1 is 1.35 bits per heavy atom. The van der Waals surface area contributed by atoms with Gasteiger partial charge in [-0.3, -0.25) is 4.79 Å². The van der Waals surface area contributed by atoms with Gasteiger partial charge in [0.05, 0.1) is 12.1 Å². The summed E-state index contributed by atoms with van der Waals surface area (Å²) in [4.78, 5) is 12.0. The maximum atomic E-state index is 13.6. The highest BCUT2D eigenvalue weighted by molar-refractivity contribution is 5.85. The molecule has 6 heteroatoms. The van der Waals surface area contributed by atoms with Crippen molar-refractivity contribution >= 4 is 18.3 Å². The first-order chi connectivity index (χ1) is 9.09. The molecule has 1 heterocycles. The van der Waals surface area contributed by atoms with Crippen LogP contribution in [0.2, 0.25) is 0 Å². The molecule has 1 amide bonds. The van der Waals surface area contributed by atoms with Crippen molar-refractivity contribution < 1.29 is 13.6 Å². The third-order valence-corrected chi connectivity index (χ3v) is 3.42. The van der Waals surface area contributed by atoms with Gasteiger partial charge in [0.2, 0.25) is 5.91 Å². The van der Waals surface area contributed by atoms with Crippen LogP contribution in [0.4, 0.5) is 8.78 Å². The van der Waals surface area contributed by atoms with Gasteiger partial charge in [0.15, 0.2) is 0 Å². The highest BCUT2D eigenvalue weighted by Gasteiger charge is 2.24. The van der Waals surface area contributed by atoms with E-state index in [-0.39, 0.29) is 29.9 Å². The molecule has 2 rings (SSSR count). The van der Waals surface area contributed by atoms with Crippen molar-refractivity contribution in [1.29, 1.82) is 0 Å². The Morgan fingerprint density at radius 3 is 2.55 bits per heavy atom. The van der Waals surface area contributed by atoms with Gasteiger partial charge < -0.3 is 10.6 Å². The molecular formula is C14H19ClF2N2O. The molecule has 1 aromatic rings. The van der Waals surface area contributed by atoms with Crippen LogP contribution in [0.5, 0.6) is 0 Å². The van der Waals surface area contributed by atoms with Crippen molar-refractivity contribution in [3.8, 4) is 0 Å². The molecule has 0 aliphatic carbocycles. The van der Waals surface area contributed by atoms with Gasteiger partial charge in [0, 0.05) is 5.56 Å². The summed E-state index contributed by atoms with van der Waals surface area (Å²) in [5.74, 6) is -1.47. The maximum absolute atomic E-state index is 13.6. The third-order valence-electron chi connectivity index (χ3n) is 3.42. The molecular weight excluding hydrogens is 286 g/mol.